The highest BCUT2D eigenvalue weighted by Gasteiger charge is 2.73. The molecular formula is C44H36F12N2O4. The molecule has 18 heteroatoms. The van der Waals surface area contributed by atoms with Crippen molar-refractivity contribution < 1.29 is 71.9 Å². The van der Waals surface area contributed by atoms with Gasteiger partial charge in [-0.3, -0.25) is 24.1 Å². The Kier molecular flexibility index (Phi) is 10.9. The number of carbonyl (C=O) groups excluding carboxylic acids is 4. The number of rotatable bonds is 9. The summed E-state index contributed by atoms with van der Waals surface area (Å²) < 4.78 is 179. The molecular weight excluding hydrogens is 848 g/mol. The number of alkyl halides is 12. The zero-order valence-corrected chi connectivity index (χ0v) is 33.6. The Labute approximate surface area is 346 Å². The van der Waals surface area contributed by atoms with Crippen LogP contribution in [0.1, 0.15) is 130 Å². The summed E-state index contributed by atoms with van der Waals surface area (Å²) in [5, 5.41) is 0. The van der Waals surface area contributed by atoms with Crippen LogP contribution in [0.3, 0.4) is 0 Å². The second-order valence-corrected chi connectivity index (χ2v) is 16.1. The first-order chi connectivity index (χ1) is 28.4. The van der Waals surface area contributed by atoms with E-state index >= 15 is 26.3 Å². The highest BCUT2D eigenvalue weighted by molar-refractivity contribution is 6.34. The van der Waals surface area contributed by atoms with Crippen LogP contribution in [-0.4, -0.2) is 46.4 Å². The number of benzene rings is 4. The van der Waals surface area contributed by atoms with Gasteiger partial charge in [0.25, 0.3) is 23.6 Å². The fourth-order valence-electron chi connectivity index (χ4n) is 8.00. The zero-order valence-electron chi connectivity index (χ0n) is 33.6. The second-order valence-electron chi connectivity index (χ2n) is 16.1. The van der Waals surface area contributed by atoms with Gasteiger partial charge in [-0.1, -0.05) is 65.0 Å². The molecule has 4 amide bonds. The Hall–Kier alpha value is -5.68. The first-order valence-electron chi connectivity index (χ1n) is 19.1. The monoisotopic (exact) mass is 884 g/mol. The standard InChI is InChI=1S/C44H36F12N2O4/c1-7-38(4,5)22-10-14-26(32(20-22)41(45,46)47)27-17-13-25(21-33(27)42(48,49)50)57-34(59)28-15-11-23(18-30(28)35(57)60)40(43(51,52)53,44(54,55)56)24-12-16-29-31(19-24)37(62)58(36(29)61)39(6,8-2)9-3/h10-21H,7-9H2,1-6H3. The molecule has 62 heavy (non-hydrogen) atoms. The molecule has 0 unspecified atom stereocenters. The lowest BCUT2D eigenvalue weighted by molar-refractivity contribution is -0.288. The van der Waals surface area contributed by atoms with Crippen LogP contribution in [0.15, 0.2) is 72.8 Å². The van der Waals surface area contributed by atoms with E-state index < -0.39 is 126 Å². The van der Waals surface area contributed by atoms with Gasteiger partial charge in [-0.2, -0.15) is 52.7 Å². The Morgan fingerprint density at radius 3 is 1.27 bits per heavy atom. The van der Waals surface area contributed by atoms with Crippen molar-refractivity contribution in [3.8, 4) is 11.1 Å². The van der Waals surface area contributed by atoms with E-state index in [-0.39, 0.29) is 41.5 Å². The highest BCUT2D eigenvalue weighted by Crippen LogP contribution is 2.57. The molecule has 0 spiro atoms. The van der Waals surface area contributed by atoms with E-state index in [1.54, 1.807) is 34.6 Å². The molecule has 0 bridgehead atoms. The third-order valence-corrected chi connectivity index (χ3v) is 12.4. The van der Waals surface area contributed by atoms with E-state index in [1.807, 2.05) is 0 Å². The average Bonchev–Trinajstić information content (AvgIpc) is 3.58. The summed E-state index contributed by atoms with van der Waals surface area (Å²) in [4.78, 5) is 55.1. The van der Waals surface area contributed by atoms with E-state index in [0.29, 0.717) is 42.8 Å². The van der Waals surface area contributed by atoms with Gasteiger partial charge in [0, 0.05) is 5.54 Å². The molecule has 4 aromatic rings. The van der Waals surface area contributed by atoms with Gasteiger partial charge in [0.15, 0.2) is 0 Å². The van der Waals surface area contributed by atoms with Crippen molar-refractivity contribution in [1.29, 1.82) is 0 Å². The van der Waals surface area contributed by atoms with Crippen molar-refractivity contribution in [1.82, 2.24) is 4.90 Å². The molecule has 0 radical (unpaired) electrons. The van der Waals surface area contributed by atoms with E-state index in [2.05, 4.69) is 0 Å². The summed E-state index contributed by atoms with van der Waals surface area (Å²) in [5.41, 5.74) is -19.1. The Morgan fingerprint density at radius 2 is 0.823 bits per heavy atom. The van der Waals surface area contributed by atoms with Crippen LogP contribution in [0.25, 0.3) is 11.1 Å². The van der Waals surface area contributed by atoms with Crippen molar-refractivity contribution in [2.24, 2.45) is 0 Å². The molecule has 0 N–H and O–H groups in total. The van der Waals surface area contributed by atoms with Crippen LogP contribution in [0.5, 0.6) is 0 Å². The highest BCUT2D eigenvalue weighted by atomic mass is 19.4. The number of hydrogen-bond donors (Lipinski definition) is 0. The van der Waals surface area contributed by atoms with Crippen molar-refractivity contribution in [3.05, 3.63) is 123 Å². The fourth-order valence-corrected chi connectivity index (χ4v) is 8.00. The quantitative estimate of drug-likeness (QED) is 0.124. The molecule has 2 aliphatic rings. The molecule has 0 aromatic heterocycles. The summed E-state index contributed by atoms with van der Waals surface area (Å²) in [6, 6.07) is 6.45. The number of anilines is 1. The van der Waals surface area contributed by atoms with Gasteiger partial charge >= 0.3 is 24.7 Å². The maximum atomic E-state index is 15.3. The van der Waals surface area contributed by atoms with Crippen molar-refractivity contribution >= 4 is 29.3 Å². The molecule has 6 nitrogen and oxygen atoms in total. The zero-order chi connectivity index (χ0) is 46.5. The largest absolute Gasteiger partial charge is 0.417 e. The summed E-state index contributed by atoms with van der Waals surface area (Å²) in [6.07, 6.45) is -22.4. The van der Waals surface area contributed by atoms with E-state index in [9.17, 15) is 45.5 Å². The molecule has 4 aromatic carbocycles. The summed E-state index contributed by atoms with van der Waals surface area (Å²) in [5.74, 6) is -5.18. The normalized spacial score (nSPS) is 15.5. The minimum absolute atomic E-state index is 0.0561. The Bertz CT molecular complexity index is 2510. The van der Waals surface area contributed by atoms with Gasteiger partial charge in [-0.25, -0.2) is 4.90 Å². The molecule has 0 aliphatic carbocycles. The third kappa shape index (κ3) is 6.93. The minimum Gasteiger partial charge on any atom is -0.269 e. The predicted octanol–water partition coefficient (Wildman–Crippen LogP) is 12.5. The number of imide groups is 2. The molecule has 2 heterocycles. The maximum Gasteiger partial charge on any atom is 0.417 e. The SMILES string of the molecule is CCC(C)(C)c1ccc(-c2ccc(N3C(=O)c4ccc(C(c5ccc6c(c5)C(=O)N(C(C)(CC)CC)C6=O)(C(F)(F)F)C(F)(F)F)cc4C3=O)cc2C(F)(F)F)c(C(F)(F)F)c1. The lowest BCUT2D eigenvalue weighted by Crippen LogP contribution is -2.55. The van der Waals surface area contributed by atoms with Crippen LogP contribution in [0.2, 0.25) is 0 Å². The number of hydrogen-bond acceptors (Lipinski definition) is 4. The van der Waals surface area contributed by atoms with Gasteiger partial charge in [0.1, 0.15) is 0 Å². The molecule has 0 atom stereocenters. The first kappa shape index (κ1) is 45.8. The van der Waals surface area contributed by atoms with Crippen LogP contribution in [0.4, 0.5) is 58.4 Å². The van der Waals surface area contributed by atoms with Crippen molar-refractivity contribution in [2.45, 2.75) is 102 Å². The summed E-state index contributed by atoms with van der Waals surface area (Å²) >= 11 is 0. The van der Waals surface area contributed by atoms with Crippen LogP contribution >= 0.6 is 0 Å². The number of halogens is 12. The Morgan fingerprint density at radius 1 is 0.435 bits per heavy atom. The first-order valence-corrected chi connectivity index (χ1v) is 19.1. The van der Waals surface area contributed by atoms with Crippen molar-refractivity contribution in [2.75, 3.05) is 4.90 Å². The van der Waals surface area contributed by atoms with Crippen LogP contribution in [-0.2, 0) is 23.2 Å². The van der Waals surface area contributed by atoms with Crippen LogP contribution < -0.4 is 4.90 Å². The van der Waals surface area contributed by atoms with E-state index in [4.69, 9.17) is 0 Å². The summed E-state index contributed by atoms with van der Waals surface area (Å²) in [7, 11) is 0. The number of fused-ring (bicyclic) bond motifs is 2. The van der Waals surface area contributed by atoms with Gasteiger partial charge in [-0.15, -0.1) is 0 Å². The van der Waals surface area contributed by atoms with Gasteiger partial charge in [-0.05, 0) is 102 Å². The van der Waals surface area contributed by atoms with E-state index in [0.717, 1.165) is 17.0 Å². The molecule has 2 aliphatic heterocycles. The summed E-state index contributed by atoms with van der Waals surface area (Å²) in [6.45, 7) is 9.75. The lowest BCUT2D eigenvalue weighted by atomic mass is 9.71. The number of carbonyl (C=O) groups is 4. The van der Waals surface area contributed by atoms with Crippen LogP contribution in [0, 0.1) is 0 Å². The molecule has 0 saturated heterocycles. The van der Waals surface area contributed by atoms with E-state index in [1.165, 1.54) is 13.0 Å². The van der Waals surface area contributed by atoms with Gasteiger partial charge in [0.2, 0.25) is 5.41 Å². The fraction of sp³-hybridized carbons (Fsp3) is 0.364. The molecule has 330 valence electrons. The Balaban J connectivity index is 1.49. The molecule has 6 rings (SSSR count). The minimum atomic E-state index is -6.29. The predicted molar refractivity (Wildman–Crippen MR) is 202 cm³/mol. The van der Waals surface area contributed by atoms with Crippen molar-refractivity contribution in [3.63, 3.8) is 0 Å². The maximum absolute atomic E-state index is 15.3. The van der Waals surface area contributed by atoms with Gasteiger partial charge < -0.3 is 0 Å². The topological polar surface area (TPSA) is 74.8 Å². The lowest BCUT2D eigenvalue weighted by Gasteiger charge is -2.38. The second kappa shape index (κ2) is 14.7. The number of nitrogens with zero attached hydrogens (tertiary/aromatic N) is 2. The van der Waals surface area contributed by atoms with Gasteiger partial charge in [0.05, 0.1) is 39.1 Å². The smallest absolute Gasteiger partial charge is 0.269 e. The number of amides is 4. The average molecular weight is 885 g/mol. The molecule has 0 saturated carbocycles. The third-order valence-electron chi connectivity index (χ3n) is 12.4. The molecule has 0 fully saturated rings.